The van der Waals surface area contributed by atoms with E-state index in [0.717, 1.165) is 32.1 Å². The van der Waals surface area contributed by atoms with Crippen LogP contribution in [0.4, 0.5) is 0 Å². The van der Waals surface area contributed by atoms with Crippen molar-refractivity contribution in [1.82, 2.24) is 0 Å². The highest BCUT2D eigenvalue weighted by Crippen LogP contribution is 2.33. The van der Waals surface area contributed by atoms with Gasteiger partial charge in [-0.2, -0.15) is 0 Å². The van der Waals surface area contributed by atoms with Gasteiger partial charge in [-0.3, -0.25) is 4.79 Å². The molecule has 2 aliphatic rings. The van der Waals surface area contributed by atoms with Gasteiger partial charge in [0.25, 0.3) is 0 Å². The molecule has 1 saturated heterocycles. The molecule has 4 nitrogen and oxygen atoms in total. The SMILES string of the molecule is CC(=O)OC1/C=C\CCCO[C@@]12CCCCO2. The normalized spacial score (nSPS) is 35.9. The van der Waals surface area contributed by atoms with Crippen LogP contribution in [0.2, 0.25) is 0 Å². The Labute approximate surface area is 102 Å². The van der Waals surface area contributed by atoms with Gasteiger partial charge in [-0.15, -0.1) is 0 Å². The van der Waals surface area contributed by atoms with Crippen molar-refractivity contribution in [2.45, 2.75) is 50.9 Å². The molecule has 1 unspecified atom stereocenters. The largest absolute Gasteiger partial charge is 0.453 e. The predicted octanol–water partition coefficient (Wildman–Crippen LogP) is 2.18. The van der Waals surface area contributed by atoms with Gasteiger partial charge in [0.05, 0.1) is 13.2 Å². The zero-order valence-corrected chi connectivity index (χ0v) is 10.3. The average molecular weight is 240 g/mol. The molecule has 0 aliphatic carbocycles. The van der Waals surface area contributed by atoms with Gasteiger partial charge in [-0.25, -0.2) is 0 Å². The van der Waals surface area contributed by atoms with Gasteiger partial charge in [-0.1, -0.05) is 6.08 Å². The second-order valence-electron chi connectivity index (χ2n) is 4.57. The molecule has 0 aromatic carbocycles. The number of ether oxygens (including phenoxy) is 3. The van der Waals surface area contributed by atoms with Gasteiger partial charge in [-0.05, 0) is 31.8 Å². The van der Waals surface area contributed by atoms with Crippen LogP contribution in [0.5, 0.6) is 0 Å². The molecular weight excluding hydrogens is 220 g/mol. The van der Waals surface area contributed by atoms with E-state index in [1.165, 1.54) is 6.92 Å². The molecule has 0 radical (unpaired) electrons. The highest BCUT2D eigenvalue weighted by Gasteiger charge is 2.43. The Morgan fingerprint density at radius 3 is 2.76 bits per heavy atom. The summed E-state index contributed by atoms with van der Waals surface area (Å²) >= 11 is 0. The Bertz CT molecular complexity index is 292. The monoisotopic (exact) mass is 240 g/mol. The molecule has 0 N–H and O–H groups in total. The lowest BCUT2D eigenvalue weighted by atomic mass is 9.98. The molecule has 4 heteroatoms. The van der Waals surface area contributed by atoms with E-state index in [0.29, 0.717) is 13.2 Å². The van der Waals surface area contributed by atoms with E-state index >= 15 is 0 Å². The van der Waals surface area contributed by atoms with Crippen LogP contribution in [0.3, 0.4) is 0 Å². The maximum absolute atomic E-state index is 11.2. The minimum absolute atomic E-state index is 0.294. The van der Waals surface area contributed by atoms with Crippen molar-refractivity contribution in [2.75, 3.05) is 13.2 Å². The lowest BCUT2D eigenvalue weighted by molar-refractivity contribution is -0.293. The van der Waals surface area contributed by atoms with E-state index in [4.69, 9.17) is 14.2 Å². The third kappa shape index (κ3) is 3.07. The van der Waals surface area contributed by atoms with Gasteiger partial charge in [0.15, 0.2) is 6.10 Å². The second-order valence-corrected chi connectivity index (χ2v) is 4.57. The number of esters is 1. The smallest absolute Gasteiger partial charge is 0.303 e. The first-order valence-electron chi connectivity index (χ1n) is 6.35. The number of allylic oxidation sites excluding steroid dienone is 1. The maximum Gasteiger partial charge on any atom is 0.303 e. The summed E-state index contributed by atoms with van der Waals surface area (Å²) in [6.45, 7) is 2.75. The number of hydrogen-bond donors (Lipinski definition) is 0. The Balaban J connectivity index is 2.17. The second kappa shape index (κ2) is 5.65. The van der Waals surface area contributed by atoms with Crippen molar-refractivity contribution in [3.05, 3.63) is 12.2 Å². The molecule has 2 atom stereocenters. The fourth-order valence-electron chi connectivity index (χ4n) is 2.33. The Morgan fingerprint density at radius 2 is 2.06 bits per heavy atom. The lowest BCUT2D eigenvalue weighted by Gasteiger charge is -2.41. The van der Waals surface area contributed by atoms with Crippen LogP contribution in [-0.4, -0.2) is 31.1 Å². The van der Waals surface area contributed by atoms with Gasteiger partial charge >= 0.3 is 5.97 Å². The maximum atomic E-state index is 11.2. The van der Waals surface area contributed by atoms with Gasteiger partial charge in [0.1, 0.15) is 0 Å². The van der Waals surface area contributed by atoms with Crippen molar-refractivity contribution in [3.8, 4) is 0 Å². The molecule has 0 bridgehead atoms. The summed E-state index contributed by atoms with van der Waals surface area (Å²) in [6.07, 6.45) is 8.35. The number of carbonyl (C=O) groups excluding carboxylic acids is 1. The zero-order valence-electron chi connectivity index (χ0n) is 10.3. The molecule has 0 aromatic rings. The Morgan fingerprint density at radius 1 is 1.29 bits per heavy atom. The van der Waals surface area contributed by atoms with Crippen LogP contribution < -0.4 is 0 Å². The summed E-state index contributed by atoms with van der Waals surface area (Å²) < 4.78 is 17.0. The first kappa shape index (κ1) is 12.6. The van der Waals surface area contributed by atoms with Gasteiger partial charge in [0.2, 0.25) is 5.79 Å². The summed E-state index contributed by atoms with van der Waals surface area (Å²) in [4.78, 5) is 11.2. The summed E-state index contributed by atoms with van der Waals surface area (Å²) in [5, 5.41) is 0. The first-order valence-corrected chi connectivity index (χ1v) is 6.35. The van der Waals surface area contributed by atoms with Crippen molar-refractivity contribution in [1.29, 1.82) is 0 Å². The molecule has 1 spiro atoms. The summed E-state index contributed by atoms with van der Waals surface area (Å²) in [7, 11) is 0. The van der Waals surface area contributed by atoms with Gasteiger partial charge in [0, 0.05) is 13.3 Å². The quantitative estimate of drug-likeness (QED) is 0.520. The first-order chi connectivity index (χ1) is 8.23. The zero-order chi connectivity index (χ0) is 12.1. The van der Waals surface area contributed by atoms with E-state index in [2.05, 4.69) is 6.08 Å². The summed E-state index contributed by atoms with van der Waals surface area (Å²) in [6, 6.07) is 0. The van der Waals surface area contributed by atoms with E-state index in [9.17, 15) is 4.79 Å². The molecule has 2 heterocycles. The van der Waals surface area contributed by atoms with Crippen molar-refractivity contribution >= 4 is 5.97 Å². The van der Waals surface area contributed by atoms with Crippen LogP contribution in [0.25, 0.3) is 0 Å². The van der Waals surface area contributed by atoms with E-state index in [1.54, 1.807) is 0 Å². The Kier molecular flexibility index (Phi) is 4.18. The van der Waals surface area contributed by atoms with Crippen LogP contribution in [0.1, 0.15) is 39.0 Å². The highest BCUT2D eigenvalue weighted by atomic mass is 16.7. The molecule has 2 aliphatic heterocycles. The molecule has 0 aromatic heterocycles. The van der Waals surface area contributed by atoms with E-state index in [1.807, 2.05) is 6.08 Å². The number of hydrogen-bond acceptors (Lipinski definition) is 4. The fourth-order valence-corrected chi connectivity index (χ4v) is 2.33. The molecule has 96 valence electrons. The summed E-state index contributed by atoms with van der Waals surface area (Å²) in [5.41, 5.74) is 0. The van der Waals surface area contributed by atoms with E-state index < -0.39 is 11.9 Å². The summed E-state index contributed by atoms with van der Waals surface area (Å²) in [5.74, 6) is -1.04. The van der Waals surface area contributed by atoms with Gasteiger partial charge < -0.3 is 14.2 Å². The minimum atomic E-state index is -0.749. The number of rotatable bonds is 1. The molecule has 2 rings (SSSR count). The predicted molar refractivity (Wildman–Crippen MR) is 62.4 cm³/mol. The van der Waals surface area contributed by atoms with E-state index in [-0.39, 0.29) is 5.97 Å². The van der Waals surface area contributed by atoms with Crippen molar-refractivity contribution in [3.63, 3.8) is 0 Å². The molecular formula is C13H20O4. The number of carbonyl (C=O) groups is 1. The lowest BCUT2D eigenvalue weighted by Crippen LogP contribution is -2.51. The topological polar surface area (TPSA) is 44.8 Å². The molecule has 1 fully saturated rings. The average Bonchev–Trinajstić information content (AvgIpc) is 2.30. The van der Waals surface area contributed by atoms with Crippen LogP contribution in [0, 0.1) is 0 Å². The van der Waals surface area contributed by atoms with Crippen LogP contribution >= 0.6 is 0 Å². The molecule has 17 heavy (non-hydrogen) atoms. The third-order valence-electron chi connectivity index (χ3n) is 3.16. The van der Waals surface area contributed by atoms with Crippen LogP contribution in [0.15, 0.2) is 12.2 Å². The molecule has 0 amide bonds. The fraction of sp³-hybridized carbons (Fsp3) is 0.769. The molecule has 0 saturated carbocycles. The third-order valence-corrected chi connectivity index (χ3v) is 3.16. The standard InChI is InChI=1S/C13H20O4/c1-11(14)17-12-7-3-2-5-9-15-13(12)8-4-6-10-16-13/h3,7,12H,2,4-6,8-10H2,1H3/b7-3-/t12?,13-/m1/s1. The van der Waals surface area contributed by atoms with Crippen molar-refractivity contribution in [2.24, 2.45) is 0 Å². The highest BCUT2D eigenvalue weighted by molar-refractivity contribution is 5.66. The van der Waals surface area contributed by atoms with Crippen molar-refractivity contribution < 1.29 is 19.0 Å². The van der Waals surface area contributed by atoms with Crippen LogP contribution in [-0.2, 0) is 19.0 Å². The Hall–Kier alpha value is -0.870. The minimum Gasteiger partial charge on any atom is -0.453 e.